The molecule has 2 aromatic rings. The van der Waals surface area contributed by atoms with E-state index in [2.05, 4.69) is 5.32 Å². The van der Waals surface area contributed by atoms with Gasteiger partial charge in [0.25, 0.3) is 0 Å². The van der Waals surface area contributed by atoms with Crippen molar-refractivity contribution in [1.29, 1.82) is 0 Å². The molecule has 7 nitrogen and oxygen atoms in total. The highest BCUT2D eigenvalue weighted by atomic mass is 35.5. The molecule has 0 bridgehead atoms. The number of aliphatic carboxylic acids is 1. The molecule has 0 saturated carbocycles. The van der Waals surface area contributed by atoms with Gasteiger partial charge in [0, 0.05) is 22.7 Å². The molecule has 1 fully saturated rings. The molecule has 1 unspecified atom stereocenters. The van der Waals surface area contributed by atoms with Crippen molar-refractivity contribution in [1.82, 2.24) is 4.90 Å². The van der Waals surface area contributed by atoms with Crippen molar-refractivity contribution in [3.63, 3.8) is 0 Å². The molecule has 140 valence electrons. The van der Waals surface area contributed by atoms with Gasteiger partial charge in [-0.1, -0.05) is 29.8 Å². The SMILES string of the molecule is NC(=O)c1cccc(-c2ccc(Cl)cc2NC(=O)N2CCCC2C(=O)O)c1. The summed E-state index contributed by atoms with van der Waals surface area (Å²) >= 11 is 6.08. The lowest BCUT2D eigenvalue weighted by atomic mass is 10.0. The summed E-state index contributed by atoms with van der Waals surface area (Å²) in [6.07, 6.45) is 1.05. The lowest BCUT2D eigenvalue weighted by Crippen LogP contribution is -2.42. The van der Waals surface area contributed by atoms with E-state index in [0.29, 0.717) is 46.8 Å². The number of amides is 3. The van der Waals surface area contributed by atoms with Crippen LogP contribution in [0.4, 0.5) is 10.5 Å². The Labute approximate surface area is 160 Å². The average Bonchev–Trinajstić information content (AvgIpc) is 3.12. The maximum Gasteiger partial charge on any atom is 0.326 e. The first-order valence-corrected chi connectivity index (χ1v) is 8.75. The van der Waals surface area contributed by atoms with Gasteiger partial charge < -0.3 is 21.1 Å². The molecule has 1 heterocycles. The second-order valence-corrected chi connectivity index (χ2v) is 6.69. The minimum atomic E-state index is -1.02. The number of rotatable bonds is 4. The largest absolute Gasteiger partial charge is 0.480 e. The summed E-state index contributed by atoms with van der Waals surface area (Å²) in [6, 6.07) is 10.3. The normalized spacial score (nSPS) is 16.2. The van der Waals surface area contributed by atoms with Crippen molar-refractivity contribution in [2.75, 3.05) is 11.9 Å². The van der Waals surface area contributed by atoms with Crippen LogP contribution in [0.3, 0.4) is 0 Å². The van der Waals surface area contributed by atoms with Crippen LogP contribution >= 0.6 is 11.6 Å². The molecule has 1 aliphatic rings. The predicted molar refractivity (Wildman–Crippen MR) is 102 cm³/mol. The van der Waals surface area contributed by atoms with Gasteiger partial charge in [0.05, 0.1) is 5.69 Å². The van der Waals surface area contributed by atoms with E-state index in [4.69, 9.17) is 17.3 Å². The quantitative estimate of drug-likeness (QED) is 0.747. The number of anilines is 1. The number of carbonyl (C=O) groups is 3. The lowest BCUT2D eigenvalue weighted by Gasteiger charge is -2.23. The third kappa shape index (κ3) is 4.03. The first-order valence-electron chi connectivity index (χ1n) is 8.37. The standard InChI is InChI=1S/C19H18ClN3O4/c20-13-6-7-14(11-3-1-4-12(9-11)17(21)24)15(10-13)22-19(27)23-8-2-5-16(23)18(25)26/h1,3-4,6-7,9-10,16H,2,5,8H2,(H2,21,24)(H,22,27)(H,25,26). The van der Waals surface area contributed by atoms with Gasteiger partial charge >= 0.3 is 12.0 Å². The molecule has 1 aliphatic heterocycles. The Morgan fingerprint density at radius 3 is 2.67 bits per heavy atom. The third-order valence-electron chi connectivity index (χ3n) is 4.48. The molecule has 0 aliphatic carbocycles. The molecule has 0 spiro atoms. The summed E-state index contributed by atoms with van der Waals surface area (Å²) in [6.45, 7) is 0.371. The number of hydrogen-bond acceptors (Lipinski definition) is 3. The zero-order valence-corrected chi connectivity index (χ0v) is 15.1. The molecule has 3 rings (SSSR count). The second kappa shape index (κ2) is 7.67. The fraction of sp³-hybridized carbons (Fsp3) is 0.211. The minimum absolute atomic E-state index is 0.338. The predicted octanol–water partition coefficient (Wildman–Crippen LogP) is 3.19. The number of likely N-dealkylation sites (tertiary alicyclic amines) is 1. The summed E-state index contributed by atoms with van der Waals surface area (Å²) in [5.41, 5.74) is 7.41. The Hall–Kier alpha value is -3.06. The van der Waals surface area contributed by atoms with E-state index in [0.717, 1.165) is 0 Å². The Bertz CT molecular complexity index is 916. The molecule has 2 aromatic carbocycles. The van der Waals surface area contributed by atoms with Crippen molar-refractivity contribution in [3.8, 4) is 11.1 Å². The Kier molecular flexibility index (Phi) is 5.32. The second-order valence-electron chi connectivity index (χ2n) is 6.25. The van der Waals surface area contributed by atoms with Gasteiger partial charge in [-0.05, 0) is 42.7 Å². The first-order chi connectivity index (χ1) is 12.9. The van der Waals surface area contributed by atoms with Crippen LogP contribution in [-0.2, 0) is 4.79 Å². The highest BCUT2D eigenvalue weighted by molar-refractivity contribution is 6.31. The van der Waals surface area contributed by atoms with Crippen LogP contribution in [0.25, 0.3) is 11.1 Å². The van der Waals surface area contributed by atoms with Crippen LogP contribution in [0, 0.1) is 0 Å². The van der Waals surface area contributed by atoms with E-state index in [1.807, 2.05) is 0 Å². The van der Waals surface area contributed by atoms with Crippen molar-refractivity contribution >= 4 is 35.2 Å². The fourth-order valence-corrected chi connectivity index (χ4v) is 3.34. The minimum Gasteiger partial charge on any atom is -0.480 e. The van der Waals surface area contributed by atoms with E-state index >= 15 is 0 Å². The van der Waals surface area contributed by atoms with Crippen LogP contribution in [0.5, 0.6) is 0 Å². The molecular weight excluding hydrogens is 370 g/mol. The number of urea groups is 1. The lowest BCUT2D eigenvalue weighted by molar-refractivity contribution is -0.141. The monoisotopic (exact) mass is 387 g/mol. The number of nitrogens with one attached hydrogen (secondary N) is 1. The van der Waals surface area contributed by atoms with Crippen LogP contribution < -0.4 is 11.1 Å². The van der Waals surface area contributed by atoms with Gasteiger partial charge in [-0.15, -0.1) is 0 Å². The zero-order chi connectivity index (χ0) is 19.6. The van der Waals surface area contributed by atoms with Crippen molar-refractivity contribution in [3.05, 3.63) is 53.1 Å². The molecule has 1 saturated heterocycles. The number of carboxylic acids is 1. The number of primary amides is 1. The maximum atomic E-state index is 12.6. The summed E-state index contributed by atoms with van der Waals surface area (Å²) in [4.78, 5) is 36.7. The number of benzene rings is 2. The summed E-state index contributed by atoms with van der Waals surface area (Å²) in [5, 5.41) is 12.4. The van der Waals surface area contributed by atoms with Crippen LogP contribution in [0.2, 0.25) is 5.02 Å². The number of hydrogen-bond donors (Lipinski definition) is 3. The Balaban J connectivity index is 1.93. The molecule has 4 N–H and O–H groups in total. The molecule has 8 heteroatoms. The summed E-state index contributed by atoms with van der Waals surface area (Å²) in [5.74, 6) is -1.58. The highest BCUT2D eigenvalue weighted by Crippen LogP contribution is 2.32. The number of carbonyl (C=O) groups excluding carboxylic acids is 2. The van der Waals surface area contributed by atoms with Crippen LogP contribution in [-0.4, -0.2) is 40.5 Å². The molecule has 0 radical (unpaired) electrons. The highest BCUT2D eigenvalue weighted by Gasteiger charge is 2.34. The van der Waals surface area contributed by atoms with Crippen LogP contribution in [0.1, 0.15) is 23.2 Å². The van der Waals surface area contributed by atoms with Crippen molar-refractivity contribution in [2.24, 2.45) is 5.73 Å². The molecule has 1 atom stereocenters. The van der Waals surface area contributed by atoms with E-state index in [1.54, 1.807) is 42.5 Å². The van der Waals surface area contributed by atoms with Gasteiger partial charge in [0.15, 0.2) is 0 Å². The topological polar surface area (TPSA) is 113 Å². The number of nitrogens with two attached hydrogens (primary N) is 1. The summed E-state index contributed by atoms with van der Waals surface area (Å²) < 4.78 is 0. The van der Waals surface area contributed by atoms with E-state index < -0.39 is 23.9 Å². The Morgan fingerprint density at radius 2 is 1.96 bits per heavy atom. The smallest absolute Gasteiger partial charge is 0.326 e. The van der Waals surface area contributed by atoms with Crippen molar-refractivity contribution < 1.29 is 19.5 Å². The number of carboxylic acid groups (broad SMARTS) is 1. The molecular formula is C19H18ClN3O4. The third-order valence-corrected chi connectivity index (χ3v) is 4.72. The van der Waals surface area contributed by atoms with Gasteiger partial charge in [0.1, 0.15) is 6.04 Å². The van der Waals surface area contributed by atoms with Crippen molar-refractivity contribution in [2.45, 2.75) is 18.9 Å². The van der Waals surface area contributed by atoms with E-state index in [1.165, 1.54) is 4.90 Å². The maximum absolute atomic E-state index is 12.6. The Morgan fingerprint density at radius 1 is 1.19 bits per heavy atom. The van der Waals surface area contributed by atoms with Crippen LogP contribution in [0.15, 0.2) is 42.5 Å². The van der Waals surface area contributed by atoms with Gasteiger partial charge in [-0.2, -0.15) is 0 Å². The molecule has 3 amide bonds. The first kappa shape index (κ1) is 18.7. The van der Waals surface area contributed by atoms with Gasteiger partial charge in [-0.25, -0.2) is 9.59 Å². The van der Waals surface area contributed by atoms with E-state index in [9.17, 15) is 19.5 Å². The molecule has 0 aromatic heterocycles. The molecule has 27 heavy (non-hydrogen) atoms. The number of halogens is 1. The summed E-state index contributed by atoms with van der Waals surface area (Å²) in [7, 11) is 0. The zero-order valence-electron chi connectivity index (χ0n) is 14.3. The van der Waals surface area contributed by atoms with Gasteiger partial charge in [-0.3, -0.25) is 4.79 Å². The fourth-order valence-electron chi connectivity index (χ4n) is 3.17. The van der Waals surface area contributed by atoms with E-state index in [-0.39, 0.29) is 0 Å². The average molecular weight is 388 g/mol. The van der Waals surface area contributed by atoms with Gasteiger partial charge in [0.2, 0.25) is 5.91 Å². The number of nitrogens with zero attached hydrogens (tertiary/aromatic N) is 1.